The molecule has 0 saturated heterocycles. The van der Waals surface area contributed by atoms with Crippen molar-refractivity contribution >= 4 is 11.9 Å². The molecule has 114 valence electrons. The van der Waals surface area contributed by atoms with Crippen molar-refractivity contribution in [3.05, 3.63) is 35.4 Å². The summed E-state index contributed by atoms with van der Waals surface area (Å²) in [7, 11) is 1.33. The van der Waals surface area contributed by atoms with Crippen molar-refractivity contribution in [2.24, 2.45) is 5.92 Å². The normalized spacial score (nSPS) is 18.8. The van der Waals surface area contributed by atoms with E-state index in [1.807, 2.05) is 32.0 Å². The third kappa shape index (κ3) is 3.61. The molecule has 0 aliphatic carbocycles. The molecule has 0 bridgehead atoms. The Bertz CT molecular complexity index is 528. The fourth-order valence-electron chi connectivity index (χ4n) is 2.52. The van der Waals surface area contributed by atoms with Crippen LogP contribution in [0.25, 0.3) is 0 Å². The second-order valence-corrected chi connectivity index (χ2v) is 5.66. The van der Waals surface area contributed by atoms with E-state index in [1.54, 1.807) is 0 Å². The number of amides is 1. The Balaban J connectivity index is 2.03. The molecule has 0 aromatic heterocycles. The summed E-state index contributed by atoms with van der Waals surface area (Å²) in [4.78, 5) is 24.1. The number of ether oxygens (including phenoxy) is 1. The van der Waals surface area contributed by atoms with E-state index in [9.17, 15) is 9.59 Å². The maximum Gasteiger partial charge on any atom is 0.328 e. The van der Waals surface area contributed by atoms with Gasteiger partial charge in [0.25, 0.3) is 0 Å². The quantitative estimate of drug-likeness (QED) is 0.812. The number of rotatable bonds is 4. The number of carbonyl (C=O) groups is 2. The van der Waals surface area contributed by atoms with Crippen LogP contribution in [0.2, 0.25) is 0 Å². The van der Waals surface area contributed by atoms with Crippen LogP contribution in [0.4, 0.5) is 0 Å². The monoisotopic (exact) mass is 290 g/mol. The lowest BCUT2D eigenvalue weighted by molar-refractivity contribution is -0.146. The van der Waals surface area contributed by atoms with Crippen molar-refractivity contribution in [2.45, 2.75) is 38.9 Å². The summed E-state index contributed by atoms with van der Waals surface area (Å²) in [5.74, 6) is -0.583. The van der Waals surface area contributed by atoms with Crippen LogP contribution in [0, 0.1) is 5.92 Å². The van der Waals surface area contributed by atoms with Gasteiger partial charge in [-0.3, -0.25) is 4.79 Å². The van der Waals surface area contributed by atoms with Crippen LogP contribution in [0.15, 0.2) is 24.3 Å². The molecule has 1 heterocycles. The second-order valence-electron chi connectivity index (χ2n) is 5.66. The van der Waals surface area contributed by atoms with Gasteiger partial charge in [-0.2, -0.15) is 0 Å². The molecule has 1 aliphatic heterocycles. The zero-order valence-corrected chi connectivity index (χ0v) is 12.7. The fourth-order valence-corrected chi connectivity index (χ4v) is 2.52. The lowest BCUT2D eigenvalue weighted by Crippen LogP contribution is -2.53. The number of fused-ring (bicyclic) bond motifs is 1. The summed E-state index contributed by atoms with van der Waals surface area (Å²) in [6, 6.07) is 7.14. The highest BCUT2D eigenvalue weighted by Gasteiger charge is 2.30. The third-order valence-electron chi connectivity index (χ3n) is 3.82. The summed E-state index contributed by atoms with van der Waals surface area (Å²) in [6.07, 6.45) is 0.633. The molecule has 1 amide bonds. The van der Waals surface area contributed by atoms with Crippen molar-refractivity contribution < 1.29 is 14.3 Å². The van der Waals surface area contributed by atoms with Crippen molar-refractivity contribution in [3.63, 3.8) is 0 Å². The average molecular weight is 290 g/mol. The highest BCUT2D eigenvalue weighted by Crippen LogP contribution is 2.16. The number of nitrogens with one attached hydrogen (secondary N) is 2. The van der Waals surface area contributed by atoms with Gasteiger partial charge in [-0.05, 0) is 23.5 Å². The molecule has 1 aliphatic rings. The van der Waals surface area contributed by atoms with E-state index in [0.717, 1.165) is 0 Å². The summed E-state index contributed by atoms with van der Waals surface area (Å²) in [5, 5.41) is 6.00. The van der Waals surface area contributed by atoms with Crippen LogP contribution in [0.3, 0.4) is 0 Å². The molecule has 2 atom stereocenters. The van der Waals surface area contributed by atoms with Gasteiger partial charge in [0.2, 0.25) is 5.91 Å². The first-order chi connectivity index (χ1) is 10.0. The van der Waals surface area contributed by atoms with Gasteiger partial charge in [0.15, 0.2) is 0 Å². The molecule has 21 heavy (non-hydrogen) atoms. The third-order valence-corrected chi connectivity index (χ3v) is 3.82. The molecule has 0 radical (unpaired) electrons. The van der Waals surface area contributed by atoms with Crippen molar-refractivity contribution in [1.29, 1.82) is 0 Å². The van der Waals surface area contributed by atoms with Gasteiger partial charge in [-0.25, -0.2) is 4.79 Å². The lowest BCUT2D eigenvalue weighted by atomic mass is 9.95. The number of hydrogen-bond acceptors (Lipinski definition) is 4. The average Bonchev–Trinajstić information content (AvgIpc) is 2.50. The predicted octanol–water partition coefficient (Wildman–Crippen LogP) is 1.01. The molecular formula is C16H22N2O3. The minimum Gasteiger partial charge on any atom is -0.467 e. The van der Waals surface area contributed by atoms with E-state index < -0.39 is 12.0 Å². The molecule has 0 fully saturated rings. The summed E-state index contributed by atoms with van der Waals surface area (Å²) < 4.78 is 4.74. The molecule has 5 nitrogen and oxygen atoms in total. The van der Waals surface area contributed by atoms with Crippen molar-refractivity contribution in [2.75, 3.05) is 7.11 Å². The minimum atomic E-state index is -0.610. The number of methoxy groups -OCH3 is 1. The van der Waals surface area contributed by atoms with Gasteiger partial charge in [-0.1, -0.05) is 38.1 Å². The topological polar surface area (TPSA) is 67.4 Å². The van der Waals surface area contributed by atoms with Crippen LogP contribution >= 0.6 is 0 Å². The number of esters is 1. The SMILES string of the molecule is COC(=O)[C@@H](NC(=O)[C@@H]1Cc2ccccc2CN1)C(C)C. The zero-order chi connectivity index (χ0) is 15.4. The van der Waals surface area contributed by atoms with Gasteiger partial charge >= 0.3 is 5.97 Å². The molecule has 2 rings (SSSR count). The number of hydrogen-bond donors (Lipinski definition) is 2. The first kappa shape index (κ1) is 15.5. The second kappa shape index (κ2) is 6.72. The standard InChI is InChI=1S/C16H22N2O3/c1-10(2)14(16(20)21-3)18-15(19)13-8-11-6-4-5-7-12(11)9-17-13/h4-7,10,13-14,17H,8-9H2,1-3H3,(H,18,19)/t13-,14-/m0/s1. The van der Waals surface area contributed by atoms with E-state index in [-0.39, 0.29) is 17.9 Å². The fraction of sp³-hybridized carbons (Fsp3) is 0.500. The molecule has 0 spiro atoms. The Kier molecular flexibility index (Phi) is 4.96. The smallest absolute Gasteiger partial charge is 0.328 e. The van der Waals surface area contributed by atoms with Gasteiger partial charge in [0.05, 0.1) is 13.2 Å². The first-order valence-electron chi connectivity index (χ1n) is 7.21. The number of benzene rings is 1. The maximum absolute atomic E-state index is 12.4. The Morgan fingerprint density at radius 1 is 1.29 bits per heavy atom. The van der Waals surface area contributed by atoms with Crippen LogP contribution in [0.5, 0.6) is 0 Å². The number of carbonyl (C=O) groups excluding carboxylic acids is 2. The summed E-state index contributed by atoms with van der Waals surface area (Å²) >= 11 is 0. The molecule has 1 aromatic rings. The Morgan fingerprint density at radius 2 is 1.95 bits per heavy atom. The van der Waals surface area contributed by atoms with Gasteiger partial charge in [0, 0.05) is 6.54 Å². The molecule has 5 heteroatoms. The highest BCUT2D eigenvalue weighted by molar-refractivity contribution is 5.88. The summed E-state index contributed by atoms with van der Waals surface area (Å²) in [6.45, 7) is 4.43. The van der Waals surface area contributed by atoms with E-state index in [0.29, 0.717) is 13.0 Å². The molecule has 0 saturated carbocycles. The lowest BCUT2D eigenvalue weighted by Gasteiger charge is -2.28. The Hall–Kier alpha value is -1.88. The molecule has 1 aromatic carbocycles. The first-order valence-corrected chi connectivity index (χ1v) is 7.21. The van der Waals surface area contributed by atoms with Crippen LogP contribution in [-0.4, -0.2) is 31.1 Å². The van der Waals surface area contributed by atoms with Crippen LogP contribution in [0.1, 0.15) is 25.0 Å². The Labute approximate surface area is 125 Å². The van der Waals surface area contributed by atoms with Crippen molar-refractivity contribution in [3.8, 4) is 0 Å². The maximum atomic E-state index is 12.4. The van der Waals surface area contributed by atoms with E-state index in [4.69, 9.17) is 4.74 Å². The largest absolute Gasteiger partial charge is 0.467 e. The van der Waals surface area contributed by atoms with Crippen LogP contribution in [-0.2, 0) is 27.3 Å². The van der Waals surface area contributed by atoms with Crippen molar-refractivity contribution in [1.82, 2.24) is 10.6 Å². The van der Waals surface area contributed by atoms with Gasteiger partial charge < -0.3 is 15.4 Å². The molecule has 2 N–H and O–H groups in total. The van der Waals surface area contributed by atoms with Crippen LogP contribution < -0.4 is 10.6 Å². The highest BCUT2D eigenvalue weighted by atomic mass is 16.5. The van der Waals surface area contributed by atoms with E-state index in [2.05, 4.69) is 16.7 Å². The predicted molar refractivity (Wildman–Crippen MR) is 79.6 cm³/mol. The Morgan fingerprint density at radius 3 is 2.57 bits per heavy atom. The molecular weight excluding hydrogens is 268 g/mol. The van der Waals surface area contributed by atoms with Gasteiger partial charge in [0.1, 0.15) is 6.04 Å². The van der Waals surface area contributed by atoms with E-state index in [1.165, 1.54) is 18.2 Å². The zero-order valence-electron chi connectivity index (χ0n) is 12.7. The minimum absolute atomic E-state index is 0.0164. The summed E-state index contributed by atoms with van der Waals surface area (Å²) in [5.41, 5.74) is 2.39. The van der Waals surface area contributed by atoms with E-state index >= 15 is 0 Å². The molecule has 0 unspecified atom stereocenters. The van der Waals surface area contributed by atoms with Gasteiger partial charge in [-0.15, -0.1) is 0 Å².